The van der Waals surface area contributed by atoms with Crippen LogP contribution < -0.4 is 15.5 Å². The number of nitrogens with one attached hydrogen (secondary N) is 2. The molecule has 0 unspecified atom stereocenters. The molecule has 2 fully saturated rings. The first-order chi connectivity index (χ1) is 13.4. The van der Waals surface area contributed by atoms with Crippen LogP contribution in [0.2, 0.25) is 0 Å². The van der Waals surface area contributed by atoms with E-state index < -0.39 is 5.92 Å². The van der Waals surface area contributed by atoms with Crippen molar-refractivity contribution in [3.05, 3.63) is 24.0 Å². The number of aromatic nitrogens is 4. The predicted molar refractivity (Wildman–Crippen MR) is 99.9 cm³/mol. The van der Waals surface area contributed by atoms with Crippen molar-refractivity contribution in [3.63, 3.8) is 0 Å². The molecule has 0 bridgehead atoms. The summed E-state index contributed by atoms with van der Waals surface area (Å²) in [7, 11) is 0. The lowest BCUT2D eigenvalue weighted by molar-refractivity contribution is -0.120. The molecule has 8 nitrogen and oxygen atoms in total. The zero-order valence-electron chi connectivity index (χ0n) is 15.7. The van der Waals surface area contributed by atoms with Gasteiger partial charge in [0.25, 0.3) is 5.95 Å². The Bertz CT molecular complexity index is 859. The highest BCUT2D eigenvalue weighted by Gasteiger charge is 2.35. The molecule has 2 aromatic rings. The van der Waals surface area contributed by atoms with Gasteiger partial charge >= 0.3 is 0 Å². The molecule has 1 aliphatic heterocycles. The molecule has 0 spiro atoms. The SMILES string of the molecule is Cc1ccn(-c2nc(NC3CCC(F)(F)CC3)cc(N3CCNC(=O)C3)n2)n1. The molecule has 3 heterocycles. The van der Waals surface area contributed by atoms with Crippen LogP contribution >= 0.6 is 0 Å². The molecule has 0 atom stereocenters. The van der Waals surface area contributed by atoms with E-state index in [9.17, 15) is 13.6 Å². The Labute approximate surface area is 161 Å². The number of anilines is 2. The standard InChI is InChI=1S/C18H23F2N7O/c1-12-4-8-27(25-12)17-23-14(22-13-2-5-18(19,20)6-3-13)10-15(24-17)26-9-7-21-16(28)11-26/h4,8,10,13H,2-3,5-7,9,11H2,1H3,(H,21,28)(H,22,23,24). The van der Waals surface area contributed by atoms with Crippen molar-refractivity contribution in [1.29, 1.82) is 0 Å². The Kier molecular flexibility index (Phi) is 4.86. The Balaban J connectivity index is 1.61. The van der Waals surface area contributed by atoms with Gasteiger partial charge in [0.2, 0.25) is 11.8 Å². The third-order valence-electron chi connectivity index (χ3n) is 5.06. The summed E-state index contributed by atoms with van der Waals surface area (Å²) in [5.41, 5.74) is 0.829. The minimum absolute atomic E-state index is 0.0645. The Morgan fingerprint density at radius 2 is 2.07 bits per heavy atom. The van der Waals surface area contributed by atoms with E-state index in [1.165, 1.54) is 0 Å². The summed E-state index contributed by atoms with van der Waals surface area (Å²) in [6, 6.07) is 3.55. The van der Waals surface area contributed by atoms with E-state index in [0.717, 1.165) is 5.69 Å². The maximum absolute atomic E-state index is 13.4. The maximum atomic E-state index is 13.4. The lowest BCUT2D eigenvalue weighted by atomic mass is 9.92. The highest BCUT2D eigenvalue weighted by atomic mass is 19.3. The van der Waals surface area contributed by atoms with Crippen LogP contribution in [0, 0.1) is 6.92 Å². The third kappa shape index (κ3) is 4.20. The van der Waals surface area contributed by atoms with Crippen molar-refractivity contribution in [2.75, 3.05) is 29.9 Å². The van der Waals surface area contributed by atoms with Gasteiger partial charge in [-0.25, -0.2) is 13.5 Å². The van der Waals surface area contributed by atoms with Crippen LogP contribution in [0.3, 0.4) is 0 Å². The van der Waals surface area contributed by atoms with Crippen molar-refractivity contribution in [2.24, 2.45) is 0 Å². The normalized spacial score (nSPS) is 20.1. The fraction of sp³-hybridized carbons (Fsp3) is 0.556. The molecule has 2 aromatic heterocycles. The molecule has 0 aromatic carbocycles. The number of hydrogen-bond acceptors (Lipinski definition) is 6. The second-order valence-electron chi connectivity index (χ2n) is 7.36. The molecule has 2 aliphatic rings. The Morgan fingerprint density at radius 3 is 2.75 bits per heavy atom. The van der Waals surface area contributed by atoms with Gasteiger partial charge in [0.15, 0.2) is 0 Å². The first-order valence-electron chi connectivity index (χ1n) is 9.46. The Morgan fingerprint density at radius 1 is 1.29 bits per heavy atom. The molecular formula is C18H23F2N7O. The van der Waals surface area contributed by atoms with Crippen molar-refractivity contribution >= 4 is 17.5 Å². The lowest BCUT2D eigenvalue weighted by Crippen LogP contribution is -2.48. The van der Waals surface area contributed by atoms with Gasteiger partial charge in [-0.1, -0.05) is 0 Å². The molecule has 1 saturated heterocycles. The van der Waals surface area contributed by atoms with Crippen LogP contribution in [-0.4, -0.2) is 57.3 Å². The summed E-state index contributed by atoms with van der Waals surface area (Å²) in [5, 5.41) is 10.4. The number of rotatable bonds is 4. The summed E-state index contributed by atoms with van der Waals surface area (Å²) in [6.45, 7) is 3.26. The van der Waals surface area contributed by atoms with Crippen molar-refractivity contribution in [3.8, 4) is 5.95 Å². The number of amides is 1. The average molecular weight is 391 g/mol. The lowest BCUT2D eigenvalue weighted by Gasteiger charge is -2.30. The topological polar surface area (TPSA) is 88.0 Å². The van der Waals surface area contributed by atoms with Crippen LogP contribution in [-0.2, 0) is 4.79 Å². The number of halogens is 2. The van der Waals surface area contributed by atoms with Crippen LogP contribution in [0.15, 0.2) is 18.3 Å². The zero-order chi connectivity index (χ0) is 19.7. The summed E-state index contributed by atoms with van der Waals surface area (Å²) in [6.07, 6.45) is 2.28. The minimum atomic E-state index is -2.58. The molecule has 0 radical (unpaired) electrons. The number of carbonyl (C=O) groups is 1. The van der Waals surface area contributed by atoms with Gasteiger partial charge in [0.05, 0.1) is 12.2 Å². The van der Waals surface area contributed by atoms with E-state index in [1.54, 1.807) is 16.9 Å². The summed E-state index contributed by atoms with van der Waals surface area (Å²) in [5.74, 6) is -1.11. The number of nitrogens with zero attached hydrogens (tertiary/aromatic N) is 5. The van der Waals surface area contributed by atoms with E-state index in [2.05, 4.69) is 25.7 Å². The maximum Gasteiger partial charge on any atom is 0.254 e. The van der Waals surface area contributed by atoms with E-state index in [-0.39, 0.29) is 31.3 Å². The molecule has 1 aliphatic carbocycles. The van der Waals surface area contributed by atoms with E-state index in [1.807, 2.05) is 17.9 Å². The number of aryl methyl sites for hydroxylation is 1. The van der Waals surface area contributed by atoms with Crippen LogP contribution in [0.5, 0.6) is 0 Å². The number of piperazine rings is 1. The smallest absolute Gasteiger partial charge is 0.254 e. The third-order valence-corrected chi connectivity index (χ3v) is 5.06. The Hall–Kier alpha value is -2.78. The monoisotopic (exact) mass is 391 g/mol. The number of hydrogen-bond donors (Lipinski definition) is 2. The summed E-state index contributed by atoms with van der Waals surface area (Å²) in [4.78, 5) is 22.7. The summed E-state index contributed by atoms with van der Waals surface area (Å²) < 4.78 is 28.4. The first-order valence-corrected chi connectivity index (χ1v) is 9.46. The van der Waals surface area contributed by atoms with Crippen molar-refractivity contribution in [1.82, 2.24) is 25.1 Å². The first kappa shape index (κ1) is 18.6. The summed E-state index contributed by atoms with van der Waals surface area (Å²) >= 11 is 0. The fourth-order valence-corrected chi connectivity index (χ4v) is 3.51. The fourth-order valence-electron chi connectivity index (χ4n) is 3.51. The van der Waals surface area contributed by atoms with Gasteiger partial charge in [-0.3, -0.25) is 4.79 Å². The average Bonchev–Trinajstić information content (AvgIpc) is 3.10. The molecule has 2 N–H and O–H groups in total. The number of carbonyl (C=O) groups excluding carboxylic acids is 1. The van der Waals surface area contributed by atoms with Gasteiger partial charge in [-0.05, 0) is 25.8 Å². The van der Waals surface area contributed by atoms with Gasteiger partial charge in [-0.15, -0.1) is 0 Å². The van der Waals surface area contributed by atoms with E-state index in [4.69, 9.17) is 0 Å². The quantitative estimate of drug-likeness (QED) is 0.828. The predicted octanol–water partition coefficient (Wildman–Crippen LogP) is 1.90. The van der Waals surface area contributed by atoms with Gasteiger partial charge in [0.1, 0.15) is 11.6 Å². The van der Waals surface area contributed by atoms with Crippen molar-refractivity contribution < 1.29 is 13.6 Å². The molecule has 150 valence electrons. The molecular weight excluding hydrogens is 368 g/mol. The van der Waals surface area contributed by atoms with Crippen molar-refractivity contribution in [2.45, 2.75) is 44.6 Å². The molecule has 10 heteroatoms. The highest BCUT2D eigenvalue weighted by molar-refractivity contribution is 5.82. The van der Waals surface area contributed by atoms with Crippen LogP contribution in [0.4, 0.5) is 20.4 Å². The zero-order valence-corrected chi connectivity index (χ0v) is 15.7. The highest BCUT2D eigenvalue weighted by Crippen LogP contribution is 2.34. The van der Waals surface area contributed by atoms with Gasteiger partial charge < -0.3 is 15.5 Å². The van der Waals surface area contributed by atoms with Crippen LogP contribution in [0.25, 0.3) is 5.95 Å². The minimum Gasteiger partial charge on any atom is -0.367 e. The van der Waals surface area contributed by atoms with Gasteiger partial charge in [-0.2, -0.15) is 15.1 Å². The second kappa shape index (κ2) is 7.33. The second-order valence-corrected chi connectivity index (χ2v) is 7.36. The van der Waals surface area contributed by atoms with E-state index in [0.29, 0.717) is 43.5 Å². The molecule has 1 saturated carbocycles. The number of alkyl halides is 2. The molecule has 4 rings (SSSR count). The van der Waals surface area contributed by atoms with E-state index >= 15 is 0 Å². The largest absolute Gasteiger partial charge is 0.367 e. The molecule has 1 amide bonds. The van der Waals surface area contributed by atoms with Crippen LogP contribution in [0.1, 0.15) is 31.4 Å². The molecule has 28 heavy (non-hydrogen) atoms. The van der Waals surface area contributed by atoms with Gasteiger partial charge in [0, 0.05) is 44.2 Å².